The molecule has 0 N–H and O–H groups in total. The fourth-order valence-electron chi connectivity index (χ4n) is 1.56. The fourth-order valence-corrected chi connectivity index (χ4v) is 1.56. The minimum atomic E-state index is -0.113. The highest BCUT2D eigenvalue weighted by Gasteiger charge is 2.11. The van der Waals surface area contributed by atoms with E-state index in [-0.39, 0.29) is 24.4 Å². The zero-order valence-corrected chi connectivity index (χ0v) is 9.74. The van der Waals surface area contributed by atoms with Crippen molar-refractivity contribution in [1.82, 2.24) is 9.97 Å². The third kappa shape index (κ3) is 3.07. The average Bonchev–Trinajstić information content (AvgIpc) is 2.46. The molecule has 0 aliphatic carbocycles. The van der Waals surface area contributed by atoms with Gasteiger partial charge in [-0.05, 0) is 24.3 Å². The average molecular weight is 240 g/mol. The van der Waals surface area contributed by atoms with E-state index in [1.54, 1.807) is 48.9 Å². The van der Waals surface area contributed by atoms with E-state index in [0.717, 1.165) is 0 Å². The molecule has 2 rings (SSSR count). The number of nitrogens with zero attached hydrogens (tertiary/aromatic N) is 2. The van der Waals surface area contributed by atoms with E-state index in [1.165, 1.54) is 0 Å². The lowest BCUT2D eigenvalue weighted by molar-refractivity contribution is 0.0915. The highest BCUT2D eigenvalue weighted by Crippen LogP contribution is 2.07. The van der Waals surface area contributed by atoms with Crippen LogP contribution in [0.4, 0.5) is 0 Å². The summed E-state index contributed by atoms with van der Waals surface area (Å²) in [5, 5.41) is 0. The van der Waals surface area contributed by atoms with Gasteiger partial charge in [-0.3, -0.25) is 19.6 Å². The molecule has 4 nitrogen and oxygen atoms in total. The van der Waals surface area contributed by atoms with Gasteiger partial charge in [-0.25, -0.2) is 0 Å². The SMILES string of the molecule is O=C(CCC(=O)c1ccccn1)c1ccncc1. The maximum absolute atomic E-state index is 11.8. The summed E-state index contributed by atoms with van der Waals surface area (Å²) < 4.78 is 0. The molecule has 0 aliphatic rings. The van der Waals surface area contributed by atoms with Crippen molar-refractivity contribution in [2.45, 2.75) is 12.8 Å². The van der Waals surface area contributed by atoms with E-state index >= 15 is 0 Å². The molecule has 18 heavy (non-hydrogen) atoms. The Morgan fingerprint density at radius 3 is 2.28 bits per heavy atom. The monoisotopic (exact) mass is 240 g/mol. The van der Waals surface area contributed by atoms with Crippen LogP contribution in [0, 0.1) is 0 Å². The van der Waals surface area contributed by atoms with Crippen molar-refractivity contribution in [2.75, 3.05) is 0 Å². The molecule has 0 fully saturated rings. The van der Waals surface area contributed by atoms with Crippen LogP contribution >= 0.6 is 0 Å². The summed E-state index contributed by atoms with van der Waals surface area (Å²) in [7, 11) is 0. The van der Waals surface area contributed by atoms with Crippen LogP contribution in [-0.4, -0.2) is 21.5 Å². The Morgan fingerprint density at radius 2 is 1.61 bits per heavy atom. The molecule has 2 heterocycles. The molecule has 0 amide bonds. The molecule has 0 aromatic carbocycles. The number of carbonyl (C=O) groups excluding carboxylic acids is 2. The van der Waals surface area contributed by atoms with Gasteiger partial charge in [-0.2, -0.15) is 0 Å². The van der Waals surface area contributed by atoms with Crippen molar-refractivity contribution >= 4 is 11.6 Å². The van der Waals surface area contributed by atoms with Crippen LogP contribution in [-0.2, 0) is 0 Å². The molecule has 2 aromatic rings. The van der Waals surface area contributed by atoms with Gasteiger partial charge in [-0.1, -0.05) is 6.07 Å². The third-order valence-corrected chi connectivity index (χ3v) is 2.53. The van der Waals surface area contributed by atoms with Gasteiger partial charge in [0, 0.05) is 37.0 Å². The van der Waals surface area contributed by atoms with E-state index < -0.39 is 0 Å². The number of Topliss-reactive ketones (excluding diaryl/α,β-unsaturated/α-hetero) is 2. The van der Waals surface area contributed by atoms with Crippen molar-refractivity contribution in [3.05, 3.63) is 60.2 Å². The number of aromatic nitrogens is 2. The second-order valence-electron chi connectivity index (χ2n) is 3.80. The minimum Gasteiger partial charge on any atom is -0.294 e. The summed E-state index contributed by atoms with van der Waals surface area (Å²) in [6, 6.07) is 8.45. The van der Waals surface area contributed by atoms with Crippen molar-refractivity contribution in [3.63, 3.8) is 0 Å². The molecule has 0 spiro atoms. The van der Waals surface area contributed by atoms with Crippen LogP contribution in [0.5, 0.6) is 0 Å². The molecular weight excluding hydrogens is 228 g/mol. The summed E-state index contributed by atoms with van der Waals surface area (Å²) in [5.41, 5.74) is 0.985. The summed E-state index contributed by atoms with van der Waals surface area (Å²) in [5.74, 6) is -0.167. The van der Waals surface area contributed by atoms with Gasteiger partial charge in [0.05, 0.1) is 0 Å². The van der Waals surface area contributed by atoms with E-state index in [1.807, 2.05) is 0 Å². The normalized spacial score (nSPS) is 10.0. The van der Waals surface area contributed by atoms with Gasteiger partial charge >= 0.3 is 0 Å². The first-order valence-corrected chi connectivity index (χ1v) is 5.65. The van der Waals surface area contributed by atoms with E-state index in [9.17, 15) is 9.59 Å². The Bertz CT molecular complexity index is 487. The van der Waals surface area contributed by atoms with Gasteiger partial charge in [-0.15, -0.1) is 0 Å². The predicted octanol–water partition coefficient (Wildman–Crippen LogP) is 2.32. The van der Waals surface area contributed by atoms with Crippen LogP contribution in [0.3, 0.4) is 0 Å². The highest BCUT2D eigenvalue weighted by molar-refractivity contribution is 6.01. The number of pyridine rings is 2. The lowest BCUT2D eigenvalue weighted by Crippen LogP contribution is -2.06. The van der Waals surface area contributed by atoms with Gasteiger partial charge < -0.3 is 0 Å². The molecule has 0 atom stereocenters. The van der Waals surface area contributed by atoms with Gasteiger partial charge in [0.15, 0.2) is 11.6 Å². The summed E-state index contributed by atoms with van der Waals surface area (Å²) >= 11 is 0. The standard InChI is InChI=1S/C14H12N2O2/c17-13(11-6-9-15-10-7-11)4-5-14(18)12-3-1-2-8-16-12/h1-3,6-10H,4-5H2. The fraction of sp³-hybridized carbons (Fsp3) is 0.143. The molecule has 4 heteroatoms. The number of rotatable bonds is 5. The molecule has 0 saturated heterocycles. The van der Waals surface area contributed by atoms with Crippen LogP contribution in [0.2, 0.25) is 0 Å². The Hall–Kier alpha value is -2.36. The topological polar surface area (TPSA) is 59.9 Å². The van der Waals surface area contributed by atoms with Gasteiger partial charge in [0.2, 0.25) is 0 Å². The Labute approximate surface area is 105 Å². The van der Waals surface area contributed by atoms with Gasteiger partial charge in [0.25, 0.3) is 0 Å². The largest absolute Gasteiger partial charge is 0.294 e. The Balaban J connectivity index is 1.93. The zero-order chi connectivity index (χ0) is 12.8. The molecule has 0 saturated carbocycles. The predicted molar refractivity (Wildman–Crippen MR) is 66.4 cm³/mol. The van der Waals surface area contributed by atoms with Crippen LogP contribution in [0.25, 0.3) is 0 Å². The molecule has 2 aromatic heterocycles. The first kappa shape index (κ1) is 12.1. The van der Waals surface area contributed by atoms with Crippen molar-refractivity contribution < 1.29 is 9.59 Å². The molecule has 0 aliphatic heterocycles. The Kier molecular flexibility index (Phi) is 3.91. The molecular formula is C14H12N2O2. The first-order valence-electron chi connectivity index (χ1n) is 5.65. The second kappa shape index (κ2) is 5.82. The zero-order valence-electron chi connectivity index (χ0n) is 9.74. The molecule has 0 radical (unpaired) electrons. The van der Waals surface area contributed by atoms with Crippen molar-refractivity contribution in [1.29, 1.82) is 0 Å². The molecule has 90 valence electrons. The maximum atomic E-state index is 11.8. The number of carbonyl (C=O) groups is 2. The van der Waals surface area contributed by atoms with E-state index in [0.29, 0.717) is 11.3 Å². The van der Waals surface area contributed by atoms with Crippen molar-refractivity contribution in [3.8, 4) is 0 Å². The van der Waals surface area contributed by atoms with Crippen LogP contribution in [0.1, 0.15) is 33.7 Å². The summed E-state index contributed by atoms with van der Waals surface area (Å²) in [4.78, 5) is 31.3. The summed E-state index contributed by atoms with van der Waals surface area (Å²) in [6.07, 6.45) is 5.07. The lowest BCUT2D eigenvalue weighted by atomic mass is 10.0. The molecule has 0 unspecified atom stereocenters. The highest BCUT2D eigenvalue weighted by atomic mass is 16.1. The van der Waals surface area contributed by atoms with Crippen molar-refractivity contribution in [2.24, 2.45) is 0 Å². The number of ketones is 2. The van der Waals surface area contributed by atoms with E-state index in [4.69, 9.17) is 0 Å². The summed E-state index contributed by atoms with van der Waals surface area (Å²) in [6.45, 7) is 0. The third-order valence-electron chi connectivity index (χ3n) is 2.53. The van der Waals surface area contributed by atoms with Crippen LogP contribution < -0.4 is 0 Å². The number of hydrogen-bond acceptors (Lipinski definition) is 4. The number of hydrogen-bond donors (Lipinski definition) is 0. The minimum absolute atomic E-state index is 0.0540. The Morgan fingerprint density at radius 1 is 0.889 bits per heavy atom. The van der Waals surface area contributed by atoms with Gasteiger partial charge in [0.1, 0.15) is 5.69 Å². The maximum Gasteiger partial charge on any atom is 0.181 e. The van der Waals surface area contributed by atoms with Crippen LogP contribution in [0.15, 0.2) is 48.9 Å². The quantitative estimate of drug-likeness (QED) is 0.752. The second-order valence-corrected chi connectivity index (χ2v) is 3.80. The molecule has 0 bridgehead atoms. The van der Waals surface area contributed by atoms with E-state index in [2.05, 4.69) is 9.97 Å². The smallest absolute Gasteiger partial charge is 0.181 e. The lowest BCUT2D eigenvalue weighted by Gasteiger charge is -2.00. The first-order chi connectivity index (χ1) is 8.77.